The molecule has 2 rings (SSSR count). The summed E-state index contributed by atoms with van der Waals surface area (Å²) in [5, 5.41) is 3.58. The van der Waals surface area contributed by atoms with Gasteiger partial charge in [-0.05, 0) is 31.1 Å². The summed E-state index contributed by atoms with van der Waals surface area (Å²) in [6, 6.07) is 2.66. The summed E-state index contributed by atoms with van der Waals surface area (Å²) in [5.74, 6) is 2.62. The van der Waals surface area contributed by atoms with Gasteiger partial charge in [-0.2, -0.15) is 0 Å². The van der Waals surface area contributed by atoms with Gasteiger partial charge >= 0.3 is 0 Å². The summed E-state index contributed by atoms with van der Waals surface area (Å²) < 4.78 is 0. The van der Waals surface area contributed by atoms with Crippen LogP contribution in [-0.2, 0) is 6.42 Å². The average molecular weight is 233 g/mol. The fourth-order valence-corrected chi connectivity index (χ4v) is 2.89. The van der Waals surface area contributed by atoms with Crippen LogP contribution in [0.15, 0.2) is 12.4 Å². The molecule has 17 heavy (non-hydrogen) atoms. The first-order valence-electron chi connectivity index (χ1n) is 6.82. The highest BCUT2D eigenvalue weighted by Gasteiger charge is 2.31. The lowest BCUT2D eigenvalue weighted by Gasteiger charge is -2.21. The zero-order valence-electron chi connectivity index (χ0n) is 11.1. The van der Waals surface area contributed by atoms with Crippen LogP contribution in [0.5, 0.6) is 0 Å². The van der Waals surface area contributed by atoms with E-state index < -0.39 is 0 Å². The maximum absolute atomic E-state index is 4.31. The first-order valence-corrected chi connectivity index (χ1v) is 6.82. The van der Waals surface area contributed by atoms with Crippen molar-refractivity contribution in [1.82, 2.24) is 9.97 Å². The van der Waals surface area contributed by atoms with Crippen LogP contribution < -0.4 is 5.32 Å². The van der Waals surface area contributed by atoms with Crippen molar-refractivity contribution in [3.63, 3.8) is 0 Å². The lowest BCUT2D eigenvalue weighted by atomic mass is 9.93. The predicted molar refractivity (Wildman–Crippen MR) is 71.0 cm³/mol. The first kappa shape index (κ1) is 12.3. The number of aromatic nitrogens is 2. The van der Waals surface area contributed by atoms with E-state index in [-0.39, 0.29) is 0 Å². The van der Waals surface area contributed by atoms with Crippen molar-refractivity contribution >= 4 is 5.82 Å². The smallest absolute Gasteiger partial charge is 0.129 e. The fraction of sp³-hybridized carbons (Fsp3) is 0.714. The van der Waals surface area contributed by atoms with Gasteiger partial charge in [0.2, 0.25) is 0 Å². The minimum atomic E-state index is 0.583. The molecule has 1 heterocycles. The van der Waals surface area contributed by atoms with Gasteiger partial charge in [0.1, 0.15) is 12.1 Å². The molecule has 0 bridgehead atoms. The molecule has 3 nitrogen and oxygen atoms in total. The molecule has 0 aromatic carbocycles. The van der Waals surface area contributed by atoms with Gasteiger partial charge in [-0.3, -0.25) is 0 Å². The summed E-state index contributed by atoms with van der Waals surface area (Å²) in [7, 11) is 0. The number of rotatable bonds is 4. The maximum Gasteiger partial charge on any atom is 0.129 e. The van der Waals surface area contributed by atoms with Crippen LogP contribution >= 0.6 is 0 Å². The monoisotopic (exact) mass is 233 g/mol. The number of hydrogen-bond acceptors (Lipinski definition) is 3. The molecule has 1 aromatic rings. The minimum Gasteiger partial charge on any atom is -0.367 e. The molecule has 0 aliphatic heterocycles. The van der Waals surface area contributed by atoms with Crippen LogP contribution in [0.4, 0.5) is 5.82 Å². The highest BCUT2D eigenvalue weighted by Crippen LogP contribution is 2.35. The Bertz CT molecular complexity index is 364. The Balaban J connectivity index is 2.01. The lowest BCUT2D eigenvalue weighted by Crippen LogP contribution is -2.25. The first-order chi connectivity index (χ1) is 8.24. The van der Waals surface area contributed by atoms with Crippen molar-refractivity contribution in [2.75, 3.05) is 5.32 Å². The molecule has 0 spiro atoms. The number of anilines is 1. The number of nitrogens with one attached hydrogen (secondary N) is 1. The van der Waals surface area contributed by atoms with Gasteiger partial charge in [-0.15, -0.1) is 0 Å². The van der Waals surface area contributed by atoms with Gasteiger partial charge in [-0.25, -0.2) is 9.97 Å². The molecule has 1 aliphatic rings. The average Bonchev–Trinajstić information content (AvgIpc) is 2.71. The standard InChI is InChI=1S/C14H23N3/c1-4-11-6-7-13(10(11)3)17-14-8-12(5-2)15-9-16-14/h8-11,13H,4-7H2,1-3H3,(H,15,16,17). The quantitative estimate of drug-likeness (QED) is 0.867. The molecule has 3 unspecified atom stereocenters. The predicted octanol–water partition coefficient (Wildman–Crippen LogP) is 3.28. The second kappa shape index (κ2) is 5.48. The minimum absolute atomic E-state index is 0.583. The second-order valence-corrected chi connectivity index (χ2v) is 5.10. The van der Waals surface area contributed by atoms with Gasteiger partial charge in [-0.1, -0.05) is 27.2 Å². The Kier molecular flexibility index (Phi) is 3.97. The SMILES string of the molecule is CCc1cc(NC2CCC(CC)C2C)ncn1. The van der Waals surface area contributed by atoms with Crippen molar-refractivity contribution in [3.8, 4) is 0 Å². The van der Waals surface area contributed by atoms with Crippen molar-refractivity contribution in [2.45, 2.75) is 52.5 Å². The van der Waals surface area contributed by atoms with E-state index in [1.165, 1.54) is 19.3 Å². The number of aryl methyl sites for hydroxylation is 1. The Labute approximate surface area is 104 Å². The van der Waals surface area contributed by atoms with E-state index in [1.807, 2.05) is 0 Å². The summed E-state index contributed by atoms with van der Waals surface area (Å²) in [6.07, 6.45) is 6.54. The normalized spacial score (nSPS) is 28.3. The van der Waals surface area contributed by atoms with E-state index in [0.29, 0.717) is 6.04 Å². The summed E-state index contributed by atoms with van der Waals surface area (Å²) in [5.41, 5.74) is 1.11. The zero-order valence-corrected chi connectivity index (χ0v) is 11.1. The van der Waals surface area contributed by atoms with E-state index in [1.54, 1.807) is 6.33 Å². The third kappa shape index (κ3) is 2.76. The van der Waals surface area contributed by atoms with E-state index in [0.717, 1.165) is 29.8 Å². The summed E-state index contributed by atoms with van der Waals surface area (Å²) >= 11 is 0. The van der Waals surface area contributed by atoms with Crippen LogP contribution in [0.2, 0.25) is 0 Å². The maximum atomic E-state index is 4.31. The number of hydrogen-bond donors (Lipinski definition) is 1. The van der Waals surface area contributed by atoms with Crippen molar-refractivity contribution in [1.29, 1.82) is 0 Å². The molecule has 1 saturated carbocycles. The Morgan fingerprint density at radius 3 is 2.76 bits per heavy atom. The van der Waals surface area contributed by atoms with Crippen LogP contribution in [0.1, 0.15) is 45.7 Å². The van der Waals surface area contributed by atoms with E-state index >= 15 is 0 Å². The van der Waals surface area contributed by atoms with Gasteiger partial charge in [0, 0.05) is 17.8 Å². The van der Waals surface area contributed by atoms with Gasteiger partial charge < -0.3 is 5.32 Å². The fourth-order valence-electron chi connectivity index (χ4n) is 2.89. The summed E-state index contributed by atoms with van der Waals surface area (Å²) in [4.78, 5) is 8.55. The summed E-state index contributed by atoms with van der Waals surface area (Å²) in [6.45, 7) is 6.78. The van der Waals surface area contributed by atoms with Crippen molar-refractivity contribution in [3.05, 3.63) is 18.1 Å². The van der Waals surface area contributed by atoms with Gasteiger partial charge in [0.05, 0.1) is 0 Å². The molecule has 0 saturated heterocycles. The largest absolute Gasteiger partial charge is 0.367 e. The Morgan fingerprint density at radius 1 is 1.29 bits per heavy atom. The van der Waals surface area contributed by atoms with E-state index in [2.05, 4.69) is 42.1 Å². The Hall–Kier alpha value is -1.12. The van der Waals surface area contributed by atoms with Crippen LogP contribution in [0.25, 0.3) is 0 Å². The molecule has 1 fully saturated rings. The molecule has 1 aliphatic carbocycles. The molecule has 1 N–H and O–H groups in total. The van der Waals surface area contributed by atoms with Crippen molar-refractivity contribution in [2.24, 2.45) is 11.8 Å². The van der Waals surface area contributed by atoms with Crippen LogP contribution in [0.3, 0.4) is 0 Å². The molecule has 94 valence electrons. The highest BCUT2D eigenvalue weighted by atomic mass is 15.0. The molecular formula is C14H23N3. The van der Waals surface area contributed by atoms with Crippen molar-refractivity contribution < 1.29 is 0 Å². The molecule has 0 amide bonds. The zero-order chi connectivity index (χ0) is 12.3. The second-order valence-electron chi connectivity index (χ2n) is 5.10. The molecule has 3 heteroatoms. The topological polar surface area (TPSA) is 37.8 Å². The third-order valence-electron chi connectivity index (χ3n) is 4.17. The molecule has 1 aromatic heterocycles. The Morgan fingerprint density at radius 2 is 2.12 bits per heavy atom. The van der Waals surface area contributed by atoms with Crippen LogP contribution in [0, 0.1) is 11.8 Å². The molecule has 0 radical (unpaired) electrons. The van der Waals surface area contributed by atoms with E-state index in [4.69, 9.17) is 0 Å². The van der Waals surface area contributed by atoms with Gasteiger partial charge in [0.25, 0.3) is 0 Å². The number of nitrogens with zero attached hydrogens (tertiary/aromatic N) is 2. The van der Waals surface area contributed by atoms with Crippen LogP contribution in [-0.4, -0.2) is 16.0 Å². The van der Waals surface area contributed by atoms with E-state index in [9.17, 15) is 0 Å². The third-order valence-corrected chi connectivity index (χ3v) is 4.17. The molecular weight excluding hydrogens is 210 g/mol. The highest BCUT2D eigenvalue weighted by molar-refractivity contribution is 5.36. The van der Waals surface area contributed by atoms with Gasteiger partial charge in [0.15, 0.2) is 0 Å². The lowest BCUT2D eigenvalue weighted by molar-refractivity contribution is 0.391. The molecule has 3 atom stereocenters.